The molecule has 1 fully saturated rings. The van der Waals surface area contributed by atoms with E-state index in [1.54, 1.807) is 35.2 Å². The highest BCUT2D eigenvalue weighted by Crippen LogP contribution is 2.41. The van der Waals surface area contributed by atoms with E-state index in [-0.39, 0.29) is 12.5 Å². The molecule has 10 nitrogen and oxygen atoms in total. The first-order valence-electron chi connectivity index (χ1n) is 10.6. The van der Waals surface area contributed by atoms with Gasteiger partial charge in [-0.05, 0) is 59.2 Å². The normalized spacial score (nSPS) is 18.1. The first-order valence-corrected chi connectivity index (χ1v) is 13.2. The van der Waals surface area contributed by atoms with E-state index in [4.69, 9.17) is 32.1 Å². The Kier molecular flexibility index (Phi) is 7.32. The predicted molar refractivity (Wildman–Crippen MR) is 130 cm³/mol. The number of ether oxygens (including phenoxy) is 1. The fraction of sp³-hybridized carbons (Fsp3) is 0.364. The average molecular weight is 540 g/mol. The minimum Gasteiger partial charge on any atom is -0.496 e. The van der Waals surface area contributed by atoms with Crippen LogP contribution in [0.5, 0.6) is 5.75 Å². The first kappa shape index (κ1) is 25.4. The third-order valence-electron chi connectivity index (χ3n) is 6.08. The molecule has 0 spiro atoms. The molecule has 0 saturated carbocycles. The maximum Gasteiger partial charge on any atom is 0.264 e. The monoisotopic (exact) mass is 539 g/mol. The lowest BCUT2D eigenvalue weighted by molar-refractivity contribution is 0.0777. The van der Waals surface area contributed by atoms with Crippen LogP contribution in [-0.4, -0.2) is 72.5 Å². The summed E-state index contributed by atoms with van der Waals surface area (Å²) in [6.45, 7) is 0.741. The van der Waals surface area contributed by atoms with Crippen molar-refractivity contribution in [2.75, 3.05) is 33.1 Å². The third kappa shape index (κ3) is 5.58. The Balaban J connectivity index is 1.65. The van der Waals surface area contributed by atoms with Gasteiger partial charge in [-0.1, -0.05) is 29.3 Å². The molecule has 2 heterocycles. The summed E-state index contributed by atoms with van der Waals surface area (Å²) < 4.78 is 35.0. The zero-order valence-corrected chi connectivity index (χ0v) is 21.3. The lowest BCUT2D eigenvalue weighted by Crippen LogP contribution is -2.36. The number of nitrogens with zero attached hydrogens (tertiary/aromatic N) is 5. The smallest absolute Gasteiger partial charge is 0.264 e. The van der Waals surface area contributed by atoms with E-state index in [0.29, 0.717) is 53.0 Å². The zero-order chi connectivity index (χ0) is 25.2. The van der Waals surface area contributed by atoms with Gasteiger partial charge < -0.3 is 9.64 Å². The maximum absolute atomic E-state index is 13.6. The van der Waals surface area contributed by atoms with Gasteiger partial charge in [-0.15, -0.1) is 5.10 Å². The van der Waals surface area contributed by atoms with Gasteiger partial charge in [-0.3, -0.25) is 8.98 Å². The number of hydrogen-bond acceptors (Lipinski definition) is 8. The number of aromatic nitrogens is 4. The second-order valence-corrected chi connectivity index (χ2v) is 10.8. The minimum absolute atomic E-state index is 0.0286. The van der Waals surface area contributed by atoms with E-state index in [0.717, 1.165) is 11.8 Å². The Labute approximate surface area is 212 Å². The molecule has 1 amide bonds. The summed E-state index contributed by atoms with van der Waals surface area (Å²) in [4.78, 5) is 15.3. The molecule has 1 aromatic heterocycles. The van der Waals surface area contributed by atoms with Gasteiger partial charge in [0.15, 0.2) is 0 Å². The molecule has 35 heavy (non-hydrogen) atoms. The highest BCUT2D eigenvalue weighted by atomic mass is 35.5. The quantitative estimate of drug-likeness (QED) is 0.400. The van der Waals surface area contributed by atoms with E-state index >= 15 is 0 Å². The molecule has 0 bridgehead atoms. The van der Waals surface area contributed by atoms with Crippen LogP contribution in [0.15, 0.2) is 42.7 Å². The van der Waals surface area contributed by atoms with Crippen LogP contribution in [0.25, 0.3) is 5.69 Å². The third-order valence-corrected chi connectivity index (χ3v) is 7.41. The number of carbonyl (C=O) groups is 1. The van der Waals surface area contributed by atoms with Crippen LogP contribution < -0.4 is 4.74 Å². The van der Waals surface area contributed by atoms with Crippen molar-refractivity contribution in [2.24, 2.45) is 0 Å². The van der Waals surface area contributed by atoms with Gasteiger partial charge in [0, 0.05) is 18.5 Å². The van der Waals surface area contributed by atoms with Crippen molar-refractivity contribution >= 4 is 39.2 Å². The molecule has 1 saturated heterocycles. The summed E-state index contributed by atoms with van der Waals surface area (Å²) >= 11 is 12.4. The van der Waals surface area contributed by atoms with Crippen LogP contribution >= 0.6 is 23.2 Å². The number of likely N-dealkylation sites (tertiary alicyclic amines) is 1. The molecule has 1 aliphatic rings. The number of halogens is 2. The molecule has 2 aromatic carbocycles. The standard InChI is InChI=1S/C22H23Cl2N5O5S/c1-33-20-6-4-16(29-14-25-26-27-29)12-17(20)21(30)28-9-7-22(13-28,8-10-34-35(2,31)32)15-3-5-18(23)19(24)11-15/h3-6,11-12,14H,7-10,13H2,1-2H3/t22-/m1/s1. The molecule has 0 unspecified atom stereocenters. The van der Waals surface area contributed by atoms with Gasteiger partial charge in [0.2, 0.25) is 0 Å². The predicted octanol–water partition coefficient (Wildman–Crippen LogP) is 3.13. The van der Waals surface area contributed by atoms with E-state index in [9.17, 15) is 13.2 Å². The highest BCUT2D eigenvalue weighted by molar-refractivity contribution is 7.85. The largest absolute Gasteiger partial charge is 0.496 e. The molecule has 0 radical (unpaired) electrons. The Bertz CT molecular complexity index is 1340. The second kappa shape index (κ2) is 10.1. The molecule has 186 valence electrons. The summed E-state index contributed by atoms with van der Waals surface area (Å²) in [6.07, 6.45) is 3.39. The number of tetrazole rings is 1. The van der Waals surface area contributed by atoms with Crippen LogP contribution in [-0.2, 0) is 19.7 Å². The van der Waals surface area contributed by atoms with Crippen molar-refractivity contribution in [3.8, 4) is 11.4 Å². The maximum atomic E-state index is 13.6. The molecule has 4 rings (SSSR count). The molecule has 3 aromatic rings. The van der Waals surface area contributed by atoms with Gasteiger partial charge in [-0.2, -0.15) is 8.42 Å². The summed E-state index contributed by atoms with van der Waals surface area (Å²) in [6, 6.07) is 10.4. The van der Waals surface area contributed by atoms with Gasteiger partial charge in [0.1, 0.15) is 12.1 Å². The van der Waals surface area contributed by atoms with Crippen molar-refractivity contribution in [3.05, 3.63) is 63.9 Å². The van der Waals surface area contributed by atoms with Gasteiger partial charge in [0.05, 0.1) is 41.3 Å². The molecular weight excluding hydrogens is 517 g/mol. The molecule has 0 N–H and O–H groups in total. The number of rotatable bonds is 8. The number of methoxy groups -OCH3 is 1. The van der Waals surface area contributed by atoms with Crippen molar-refractivity contribution in [1.29, 1.82) is 0 Å². The molecular formula is C22H23Cl2N5O5S. The fourth-order valence-electron chi connectivity index (χ4n) is 4.30. The van der Waals surface area contributed by atoms with Crippen molar-refractivity contribution in [3.63, 3.8) is 0 Å². The summed E-state index contributed by atoms with van der Waals surface area (Å²) in [5.74, 6) is 0.182. The van der Waals surface area contributed by atoms with Gasteiger partial charge in [-0.25, -0.2) is 4.68 Å². The zero-order valence-electron chi connectivity index (χ0n) is 19.0. The molecule has 1 aliphatic heterocycles. The fourth-order valence-corrected chi connectivity index (χ4v) is 4.98. The van der Waals surface area contributed by atoms with Crippen LogP contribution in [0.4, 0.5) is 0 Å². The summed E-state index contributed by atoms with van der Waals surface area (Å²) in [5.41, 5.74) is 1.25. The molecule has 0 aliphatic carbocycles. The van der Waals surface area contributed by atoms with Gasteiger partial charge >= 0.3 is 0 Å². The SMILES string of the molecule is COc1ccc(-n2cnnn2)cc1C(=O)N1CC[C@](CCOS(C)(=O)=O)(c2ccc(Cl)c(Cl)c2)C1. The molecule has 13 heteroatoms. The second-order valence-electron chi connectivity index (χ2n) is 8.30. The van der Waals surface area contributed by atoms with E-state index in [2.05, 4.69) is 15.5 Å². The highest BCUT2D eigenvalue weighted by Gasteiger charge is 2.42. The van der Waals surface area contributed by atoms with Crippen LogP contribution in [0.3, 0.4) is 0 Å². The molecule has 1 atom stereocenters. The number of benzene rings is 2. The Morgan fingerprint density at radius 1 is 1.17 bits per heavy atom. The number of amides is 1. The number of carbonyl (C=O) groups excluding carboxylic acids is 1. The Morgan fingerprint density at radius 2 is 1.97 bits per heavy atom. The summed E-state index contributed by atoms with van der Waals surface area (Å²) in [5, 5.41) is 11.9. The Hall–Kier alpha value is -2.73. The van der Waals surface area contributed by atoms with E-state index in [1.807, 2.05) is 6.07 Å². The average Bonchev–Trinajstić information content (AvgIpc) is 3.50. The minimum atomic E-state index is -3.61. The number of hydrogen-bond donors (Lipinski definition) is 0. The first-order chi connectivity index (χ1) is 16.6. The van der Waals surface area contributed by atoms with Gasteiger partial charge in [0.25, 0.3) is 16.0 Å². The lowest BCUT2D eigenvalue weighted by Gasteiger charge is -2.30. The lowest BCUT2D eigenvalue weighted by atomic mass is 9.77. The van der Waals surface area contributed by atoms with Crippen molar-refractivity contribution in [1.82, 2.24) is 25.1 Å². The van der Waals surface area contributed by atoms with Crippen molar-refractivity contribution in [2.45, 2.75) is 18.3 Å². The van der Waals surface area contributed by atoms with Crippen LogP contribution in [0.2, 0.25) is 10.0 Å². The summed E-state index contributed by atoms with van der Waals surface area (Å²) in [7, 11) is -2.12. The van der Waals surface area contributed by atoms with Crippen LogP contribution in [0, 0.1) is 0 Å². The topological polar surface area (TPSA) is 117 Å². The Morgan fingerprint density at radius 3 is 2.63 bits per heavy atom. The van der Waals surface area contributed by atoms with E-state index < -0.39 is 15.5 Å². The van der Waals surface area contributed by atoms with Crippen LogP contribution in [0.1, 0.15) is 28.8 Å². The van der Waals surface area contributed by atoms with E-state index in [1.165, 1.54) is 18.1 Å². The van der Waals surface area contributed by atoms with Crippen molar-refractivity contribution < 1.29 is 22.1 Å².